The normalized spacial score (nSPS) is 13.9. The first kappa shape index (κ1) is 21.4. The molecule has 5 aromatic rings. The van der Waals surface area contributed by atoms with Gasteiger partial charge < -0.3 is 5.73 Å². The highest BCUT2D eigenvalue weighted by Crippen LogP contribution is 2.32. The van der Waals surface area contributed by atoms with Crippen molar-refractivity contribution in [3.8, 4) is 11.3 Å². The van der Waals surface area contributed by atoms with Crippen LogP contribution in [-0.4, -0.2) is 39.1 Å². The second-order valence-electron chi connectivity index (χ2n) is 9.32. The highest BCUT2D eigenvalue weighted by Gasteiger charge is 2.26. The zero-order valence-corrected chi connectivity index (χ0v) is 19.4. The summed E-state index contributed by atoms with van der Waals surface area (Å²) >= 11 is 0. The molecule has 1 aromatic carbocycles. The fourth-order valence-electron chi connectivity index (χ4n) is 4.33. The van der Waals surface area contributed by atoms with Gasteiger partial charge in [-0.1, -0.05) is 0 Å². The molecule has 0 atom stereocenters. The first-order valence-corrected chi connectivity index (χ1v) is 11.6. The smallest absolute Gasteiger partial charge is 0.261 e. The molecule has 10 nitrogen and oxygen atoms in total. The maximum Gasteiger partial charge on any atom is 0.261 e. The van der Waals surface area contributed by atoms with Gasteiger partial charge in [0.25, 0.3) is 5.56 Å². The van der Waals surface area contributed by atoms with Crippen LogP contribution in [0.25, 0.3) is 33.2 Å². The van der Waals surface area contributed by atoms with Crippen molar-refractivity contribution in [3.05, 3.63) is 58.9 Å². The number of benzene rings is 1. The van der Waals surface area contributed by atoms with Gasteiger partial charge in [-0.25, -0.2) is 24.0 Å². The second-order valence-corrected chi connectivity index (χ2v) is 9.32. The number of nitrogens with zero attached hydrogens (tertiary/aromatic N) is 8. The van der Waals surface area contributed by atoms with Crippen LogP contribution >= 0.6 is 0 Å². The Kier molecular flexibility index (Phi) is 4.87. The molecule has 1 aliphatic carbocycles. The average Bonchev–Trinajstić information content (AvgIpc) is 3.37. The minimum absolute atomic E-state index is 0.189. The van der Waals surface area contributed by atoms with Crippen LogP contribution in [0.4, 0.5) is 10.2 Å². The fourth-order valence-corrected chi connectivity index (χ4v) is 4.33. The molecule has 4 aromatic heterocycles. The molecule has 4 heterocycles. The van der Waals surface area contributed by atoms with E-state index in [1.54, 1.807) is 15.4 Å². The van der Waals surface area contributed by atoms with Crippen molar-refractivity contribution in [1.29, 1.82) is 0 Å². The molecule has 6 rings (SSSR count). The van der Waals surface area contributed by atoms with Crippen LogP contribution in [0.1, 0.15) is 38.6 Å². The zero-order valence-electron chi connectivity index (χ0n) is 19.4. The first-order valence-electron chi connectivity index (χ1n) is 11.6. The molecule has 0 unspecified atom stereocenters. The van der Waals surface area contributed by atoms with E-state index in [1.165, 1.54) is 24.5 Å². The lowest BCUT2D eigenvalue weighted by atomic mass is 10.2. The number of halogens is 1. The van der Waals surface area contributed by atoms with Crippen molar-refractivity contribution in [2.24, 2.45) is 5.92 Å². The van der Waals surface area contributed by atoms with E-state index in [4.69, 9.17) is 15.8 Å². The van der Waals surface area contributed by atoms with Crippen LogP contribution in [0.2, 0.25) is 0 Å². The Hall–Kier alpha value is -4.15. The van der Waals surface area contributed by atoms with Gasteiger partial charge in [0.1, 0.15) is 36.0 Å². The van der Waals surface area contributed by atoms with Gasteiger partial charge in [0, 0.05) is 24.3 Å². The van der Waals surface area contributed by atoms with E-state index >= 15 is 0 Å². The molecule has 1 aliphatic rings. The Morgan fingerprint density at radius 1 is 1.23 bits per heavy atom. The number of anilines is 1. The third kappa shape index (κ3) is 3.72. The molecule has 0 radical (unpaired) electrons. The van der Waals surface area contributed by atoms with Crippen LogP contribution in [0.3, 0.4) is 0 Å². The lowest BCUT2D eigenvalue weighted by Crippen LogP contribution is -2.28. The number of nitrogens with two attached hydrogens (primary N) is 1. The summed E-state index contributed by atoms with van der Waals surface area (Å²) in [4.78, 5) is 26.7. The molecule has 178 valence electrons. The highest BCUT2D eigenvalue weighted by atomic mass is 19.1. The van der Waals surface area contributed by atoms with Crippen molar-refractivity contribution in [2.45, 2.75) is 45.8 Å². The summed E-state index contributed by atoms with van der Waals surface area (Å²) in [7, 11) is 0. The maximum absolute atomic E-state index is 13.9. The minimum atomic E-state index is -0.459. The largest absolute Gasteiger partial charge is 0.383 e. The number of hydrogen-bond donors (Lipinski definition) is 1. The van der Waals surface area contributed by atoms with E-state index < -0.39 is 5.82 Å². The molecular weight excluding hydrogens is 449 g/mol. The number of rotatable bonds is 6. The summed E-state index contributed by atoms with van der Waals surface area (Å²) in [5, 5.41) is 10.1. The Balaban J connectivity index is 1.52. The van der Waals surface area contributed by atoms with Crippen molar-refractivity contribution in [2.75, 3.05) is 5.73 Å². The third-order valence-corrected chi connectivity index (χ3v) is 6.39. The van der Waals surface area contributed by atoms with Gasteiger partial charge in [0.05, 0.1) is 22.5 Å². The lowest BCUT2D eigenvalue weighted by molar-refractivity contribution is 0.532. The molecule has 2 N–H and O–H groups in total. The summed E-state index contributed by atoms with van der Waals surface area (Å²) in [6, 6.07) is 4.28. The maximum atomic E-state index is 13.9. The van der Waals surface area contributed by atoms with Crippen molar-refractivity contribution >= 4 is 27.8 Å². The van der Waals surface area contributed by atoms with Crippen LogP contribution in [0.5, 0.6) is 0 Å². The molecule has 11 heteroatoms. The van der Waals surface area contributed by atoms with Gasteiger partial charge in [-0.15, -0.1) is 0 Å². The van der Waals surface area contributed by atoms with Gasteiger partial charge in [-0.2, -0.15) is 10.2 Å². The predicted octanol–water partition coefficient (Wildman–Crippen LogP) is 3.16. The standard InChI is InChI=1S/C24H24FN9O/c1-13(2)33-10-15(8-29-33)21-20-22(26)27-12-28-23(20)34(31-21)11-19-30-18-6-5-16(25)7-17(18)24(35)32(19)9-14-3-4-14/h5-8,10,12-14H,3-4,9,11H2,1-2H3,(H2,26,27,28). The average molecular weight is 474 g/mol. The van der Waals surface area contributed by atoms with E-state index in [0.29, 0.717) is 46.3 Å². The summed E-state index contributed by atoms with van der Waals surface area (Å²) < 4.78 is 19.1. The van der Waals surface area contributed by atoms with E-state index in [1.807, 2.05) is 24.7 Å². The number of aromatic nitrogens is 8. The number of nitrogen functional groups attached to an aromatic ring is 1. The Bertz CT molecular complexity index is 1640. The molecule has 0 aliphatic heterocycles. The fraction of sp³-hybridized carbons (Fsp3) is 0.333. The molecule has 1 fully saturated rings. The van der Waals surface area contributed by atoms with Crippen molar-refractivity contribution in [3.63, 3.8) is 0 Å². The molecular formula is C24H24FN9O. The SMILES string of the molecule is CC(C)n1cc(-c2nn(Cc3nc4ccc(F)cc4c(=O)n3CC3CC3)c3ncnc(N)c23)cn1. The topological polar surface area (TPSA) is 122 Å². The molecule has 1 saturated carbocycles. The quantitative estimate of drug-likeness (QED) is 0.402. The van der Waals surface area contributed by atoms with E-state index in [0.717, 1.165) is 18.4 Å². The Labute approximate surface area is 199 Å². The molecule has 0 spiro atoms. The summed E-state index contributed by atoms with van der Waals surface area (Å²) in [6.45, 7) is 4.82. The lowest BCUT2D eigenvalue weighted by Gasteiger charge is -2.13. The zero-order chi connectivity index (χ0) is 24.3. The first-order chi connectivity index (χ1) is 16.9. The van der Waals surface area contributed by atoms with Gasteiger partial charge >= 0.3 is 0 Å². The molecule has 0 bridgehead atoms. The molecule has 35 heavy (non-hydrogen) atoms. The summed E-state index contributed by atoms with van der Waals surface area (Å²) in [6.07, 6.45) is 7.17. The van der Waals surface area contributed by atoms with Crippen LogP contribution in [0.15, 0.2) is 41.7 Å². The predicted molar refractivity (Wildman–Crippen MR) is 129 cm³/mol. The molecule has 0 amide bonds. The monoisotopic (exact) mass is 473 g/mol. The van der Waals surface area contributed by atoms with Crippen molar-refractivity contribution < 1.29 is 4.39 Å². The van der Waals surface area contributed by atoms with Crippen LogP contribution in [0, 0.1) is 11.7 Å². The van der Waals surface area contributed by atoms with E-state index in [9.17, 15) is 9.18 Å². The van der Waals surface area contributed by atoms with Crippen molar-refractivity contribution in [1.82, 2.24) is 39.1 Å². The van der Waals surface area contributed by atoms with Crippen LogP contribution < -0.4 is 11.3 Å². The molecule has 0 saturated heterocycles. The van der Waals surface area contributed by atoms with E-state index in [2.05, 4.69) is 15.1 Å². The van der Waals surface area contributed by atoms with Gasteiger partial charge in [-0.05, 0) is 50.8 Å². The van der Waals surface area contributed by atoms with Gasteiger partial charge in [0.15, 0.2) is 5.65 Å². The van der Waals surface area contributed by atoms with Gasteiger partial charge in [0.2, 0.25) is 0 Å². The Morgan fingerprint density at radius 2 is 2.06 bits per heavy atom. The van der Waals surface area contributed by atoms with E-state index in [-0.39, 0.29) is 23.5 Å². The third-order valence-electron chi connectivity index (χ3n) is 6.39. The second kappa shape index (κ2) is 7.97. The minimum Gasteiger partial charge on any atom is -0.383 e. The number of fused-ring (bicyclic) bond motifs is 2. The van der Waals surface area contributed by atoms with Crippen LogP contribution in [-0.2, 0) is 13.1 Å². The highest BCUT2D eigenvalue weighted by molar-refractivity contribution is 5.98. The number of hydrogen-bond acceptors (Lipinski definition) is 7. The van der Waals surface area contributed by atoms with Gasteiger partial charge in [-0.3, -0.25) is 14.0 Å². The summed E-state index contributed by atoms with van der Waals surface area (Å²) in [5.41, 5.74) is 8.39. The summed E-state index contributed by atoms with van der Waals surface area (Å²) in [5.74, 6) is 0.806. The Morgan fingerprint density at radius 3 is 2.80 bits per heavy atom.